The molecule has 0 radical (unpaired) electrons. The topological polar surface area (TPSA) is 66.5 Å². The predicted molar refractivity (Wildman–Crippen MR) is 111 cm³/mol. The maximum Gasteiger partial charge on any atom is 0.253 e. The van der Waals surface area contributed by atoms with Gasteiger partial charge in [0.05, 0.1) is 28.6 Å². The monoisotopic (exact) mass is 408 g/mol. The molecule has 0 aliphatic rings. The van der Waals surface area contributed by atoms with Crippen LogP contribution >= 0.6 is 11.6 Å². The Morgan fingerprint density at radius 2 is 1.67 bits per heavy atom. The molecule has 0 aromatic heterocycles. The average Bonchev–Trinajstić information content (AvgIpc) is 2.56. The van der Waals surface area contributed by atoms with Gasteiger partial charge in [0.1, 0.15) is 0 Å². The number of amides is 1. The summed E-state index contributed by atoms with van der Waals surface area (Å²) in [7, 11) is -1.96. The van der Waals surface area contributed by atoms with Crippen LogP contribution in [-0.2, 0) is 10.0 Å². The van der Waals surface area contributed by atoms with Gasteiger partial charge in [-0.3, -0.25) is 9.10 Å². The smallest absolute Gasteiger partial charge is 0.253 e. The van der Waals surface area contributed by atoms with Crippen molar-refractivity contribution >= 4 is 33.2 Å². The Labute approximate surface area is 166 Å². The van der Waals surface area contributed by atoms with Crippen LogP contribution in [0.15, 0.2) is 30.3 Å². The Kier molecular flexibility index (Phi) is 6.22. The lowest BCUT2D eigenvalue weighted by molar-refractivity contribution is 0.0940. The maximum absolute atomic E-state index is 12.7. The molecule has 0 saturated carbocycles. The molecule has 1 atom stereocenters. The molecule has 1 unspecified atom stereocenters. The van der Waals surface area contributed by atoms with Crippen molar-refractivity contribution in [1.29, 1.82) is 0 Å². The van der Waals surface area contributed by atoms with E-state index in [0.29, 0.717) is 11.3 Å². The minimum absolute atomic E-state index is 0.189. The molecule has 5 nitrogen and oxygen atoms in total. The quantitative estimate of drug-likeness (QED) is 0.807. The fourth-order valence-electron chi connectivity index (χ4n) is 2.88. The van der Waals surface area contributed by atoms with E-state index in [0.717, 1.165) is 21.7 Å². The molecule has 0 fully saturated rings. The van der Waals surface area contributed by atoms with Crippen LogP contribution in [0.1, 0.15) is 45.6 Å². The summed E-state index contributed by atoms with van der Waals surface area (Å²) < 4.78 is 24.4. The van der Waals surface area contributed by atoms with Crippen molar-refractivity contribution in [2.24, 2.45) is 0 Å². The Morgan fingerprint density at radius 3 is 2.22 bits per heavy atom. The number of halogens is 1. The first-order valence-electron chi connectivity index (χ1n) is 8.54. The second kappa shape index (κ2) is 7.90. The number of anilines is 1. The number of sulfonamides is 1. The van der Waals surface area contributed by atoms with Gasteiger partial charge >= 0.3 is 0 Å². The number of benzene rings is 2. The van der Waals surface area contributed by atoms with Crippen LogP contribution < -0.4 is 9.62 Å². The van der Waals surface area contributed by atoms with Crippen molar-refractivity contribution in [3.8, 4) is 0 Å². The number of rotatable bonds is 5. The third-order valence-electron chi connectivity index (χ3n) is 4.75. The molecule has 146 valence electrons. The zero-order valence-electron chi connectivity index (χ0n) is 16.4. The SMILES string of the molecule is Cc1cc(C)c(C(C)NC(=O)c2ccc(N(C)S(C)(=O)=O)cc2Cl)cc1C. The second-order valence-corrected chi connectivity index (χ2v) is 9.30. The number of nitrogens with one attached hydrogen (secondary N) is 1. The molecule has 0 aliphatic heterocycles. The molecule has 0 aliphatic carbocycles. The number of carbonyl (C=O) groups excluding carboxylic acids is 1. The summed E-state index contributed by atoms with van der Waals surface area (Å²) in [5.74, 6) is -0.307. The van der Waals surface area contributed by atoms with Crippen LogP contribution in [0.25, 0.3) is 0 Å². The van der Waals surface area contributed by atoms with Gasteiger partial charge in [-0.2, -0.15) is 0 Å². The van der Waals surface area contributed by atoms with Gasteiger partial charge in [0.25, 0.3) is 5.91 Å². The largest absolute Gasteiger partial charge is 0.345 e. The van der Waals surface area contributed by atoms with E-state index in [9.17, 15) is 13.2 Å². The molecule has 7 heteroatoms. The van der Waals surface area contributed by atoms with Crippen molar-refractivity contribution in [3.05, 3.63) is 63.2 Å². The first kappa shape index (κ1) is 21.3. The normalized spacial score (nSPS) is 12.6. The zero-order valence-corrected chi connectivity index (χ0v) is 18.0. The minimum atomic E-state index is -3.40. The first-order valence-corrected chi connectivity index (χ1v) is 10.8. The molecular formula is C20H25ClN2O3S. The molecule has 0 spiro atoms. The lowest BCUT2D eigenvalue weighted by Gasteiger charge is -2.20. The Morgan fingerprint density at radius 1 is 1.07 bits per heavy atom. The zero-order chi connectivity index (χ0) is 20.5. The molecule has 0 saturated heterocycles. The number of nitrogens with zero attached hydrogens (tertiary/aromatic N) is 1. The van der Waals surface area contributed by atoms with E-state index < -0.39 is 10.0 Å². The average molecular weight is 409 g/mol. The van der Waals surface area contributed by atoms with Crippen molar-refractivity contribution in [2.45, 2.75) is 33.7 Å². The summed E-state index contributed by atoms with van der Waals surface area (Å²) in [4.78, 5) is 12.7. The molecule has 0 bridgehead atoms. The van der Waals surface area contributed by atoms with Crippen molar-refractivity contribution < 1.29 is 13.2 Å². The Bertz CT molecular complexity index is 987. The highest BCUT2D eigenvalue weighted by Gasteiger charge is 2.18. The van der Waals surface area contributed by atoms with Gasteiger partial charge in [-0.25, -0.2) is 8.42 Å². The van der Waals surface area contributed by atoms with Crippen LogP contribution in [0.2, 0.25) is 5.02 Å². The summed E-state index contributed by atoms with van der Waals surface area (Å²) in [5, 5.41) is 3.16. The number of hydrogen-bond donors (Lipinski definition) is 1. The van der Waals surface area contributed by atoms with Crippen LogP contribution in [0.5, 0.6) is 0 Å². The highest BCUT2D eigenvalue weighted by molar-refractivity contribution is 7.92. The van der Waals surface area contributed by atoms with Crippen LogP contribution in [0, 0.1) is 20.8 Å². The highest BCUT2D eigenvalue weighted by Crippen LogP contribution is 2.26. The van der Waals surface area contributed by atoms with Crippen molar-refractivity contribution in [2.75, 3.05) is 17.6 Å². The van der Waals surface area contributed by atoms with Gasteiger partial charge in [0.15, 0.2) is 0 Å². The number of hydrogen-bond acceptors (Lipinski definition) is 3. The van der Waals surface area contributed by atoms with Crippen LogP contribution in [0.4, 0.5) is 5.69 Å². The number of carbonyl (C=O) groups is 1. The molecule has 27 heavy (non-hydrogen) atoms. The Hall–Kier alpha value is -2.05. The molecule has 1 N–H and O–H groups in total. The maximum atomic E-state index is 12.7. The van der Waals surface area contributed by atoms with Gasteiger partial charge in [0, 0.05) is 7.05 Å². The van der Waals surface area contributed by atoms with Crippen LogP contribution in [-0.4, -0.2) is 27.6 Å². The van der Waals surface area contributed by atoms with E-state index in [-0.39, 0.29) is 17.0 Å². The number of aryl methyl sites for hydroxylation is 3. The standard InChI is InChI=1S/C20H25ClN2O3S/c1-12-9-14(3)18(10-13(12)2)15(4)22-20(24)17-8-7-16(11-19(17)21)23(5)27(6,25)26/h7-11,15H,1-6H3,(H,22,24). The summed E-state index contributed by atoms with van der Waals surface area (Å²) in [5.41, 5.74) is 5.25. The van der Waals surface area contributed by atoms with E-state index >= 15 is 0 Å². The van der Waals surface area contributed by atoms with Crippen molar-refractivity contribution in [3.63, 3.8) is 0 Å². The Balaban J connectivity index is 2.25. The second-order valence-electron chi connectivity index (χ2n) is 6.88. The lowest BCUT2D eigenvalue weighted by atomic mass is 9.96. The summed E-state index contributed by atoms with van der Waals surface area (Å²) in [6.45, 7) is 8.05. The van der Waals surface area contributed by atoms with E-state index in [1.807, 2.05) is 20.8 Å². The van der Waals surface area contributed by atoms with Crippen LogP contribution in [0.3, 0.4) is 0 Å². The fraction of sp³-hybridized carbons (Fsp3) is 0.350. The highest BCUT2D eigenvalue weighted by atomic mass is 35.5. The molecule has 1 amide bonds. The third-order valence-corrected chi connectivity index (χ3v) is 6.27. The molecule has 2 aromatic carbocycles. The van der Waals surface area contributed by atoms with E-state index in [1.54, 1.807) is 6.07 Å². The van der Waals surface area contributed by atoms with Gasteiger partial charge in [-0.1, -0.05) is 23.7 Å². The van der Waals surface area contributed by atoms with Gasteiger partial charge in [-0.15, -0.1) is 0 Å². The first-order chi connectivity index (χ1) is 12.4. The lowest BCUT2D eigenvalue weighted by Crippen LogP contribution is -2.28. The van der Waals surface area contributed by atoms with E-state index in [1.165, 1.54) is 30.3 Å². The molecule has 0 heterocycles. The summed E-state index contributed by atoms with van der Waals surface area (Å²) in [6, 6.07) is 8.58. The minimum Gasteiger partial charge on any atom is -0.345 e. The fourth-order valence-corrected chi connectivity index (χ4v) is 3.63. The third kappa shape index (κ3) is 4.82. The summed E-state index contributed by atoms with van der Waals surface area (Å²) in [6.07, 6.45) is 1.11. The van der Waals surface area contributed by atoms with Gasteiger partial charge in [-0.05, 0) is 68.1 Å². The van der Waals surface area contributed by atoms with E-state index in [4.69, 9.17) is 11.6 Å². The van der Waals surface area contributed by atoms with Gasteiger partial charge in [0.2, 0.25) is 10.0 Å². The predicted octanol–water partition coefficient (Wildman–Crippen LogP) is 4.15. The molecular weight excluding hydrogens is 384 g/mol. The van der Waals surface area contributed by atoms with E-state index in [2.05, 4.69) is 24.4 Å². The molecule has 2 rings (SSSR count). The molecule has 2 aromatic rings. The van der Waals surface area contributed by atoms with Crippen molar-refractivity contribution in [1.82, 2.24) is 5.32 Å². The van der Waals surface area contributed by atoms with Gasteiger partial charge < -0.3 is 5.32 Å². The summed E-state index contributed by atoms with van der Waals surface area (Å²) >= 11 is 6.24.